The summed E-state index contributed by atoms with van der Waals surface area (Å²) in [4.78, 5) is 22.8. The Morgan fingerprint density at radius 3 is 2.40 bits per heavy atom. The molecule has 1 aromatic heterocycles. The highest BCUT2D eigenvalue weighted by atomic mass is 35.5. The number of fused-ring (bicyclic) bond motifs is 1. The molecule has 0 aliphatic heterocycles. The number of allylic oxidation sites excluding steroid dienone is 1. The van der Waals surface area contributed by atoms with Crippen LogP contribution in [0.2, 0.25) is 5.02 Å². The smallest absolute Gasteiger partial charge is 0.328 e. The van der Waals surface area contributed by atoms with Crippen LogP contribution in [-0.4, -0.2) is 26.8 Å². The molecule has 0 radical (unpaired) electrons. The second-order valence-corrected chi connectivity index (χ2v) is 8.38. The van der Waals surface area contributed by atoms with Crippen LogP contribution in [0.25, 0.3) is 28.1 Å². The summed E-state index contributed by atoms with van der Waals surface area (Å²) >= 11 is 6.46. The van der Waals surface area contributed by atoms with Gasteiger partial charge in [-0.25, -0.2) is 13.9 Å². The van der Waals surface area contributed by atoms with Crippen LogP contribution in [0.4, 0.5) is 4.39 Å². The largest absolute Gasteiger partial charge is 0.478 e. The third-order valence-corrected chi connectivity index (χ3v) is 6.00. The highest BCUT2D eigenvalue weighted by Gasteiger charge is 2.17. The zero-order chi connectivity index (χ0) is 25.1. The molecule has 4 rings (SSSR count). The van der Waals surface area contributed by atoms with Crippen molar-refractivity contribution >= 4 is 51.6 Å². The summed E-state index contributed by atoms with van der Waals surface area (Å²) in [5.41, 5.74) is 5.74. The van der Waals surface area contributed by atoms with Crippen molar-refractivity contribution in [2.24, 2.45) is 0 Å². The Balaban J connectivity index is 1.95. The van der Waals surface area contributed by atoms with E-state index in [4.69, 9.17) is 16.7 Å². The molecule has 0 saturated heterocycles. The fraction of sp³-hybridized carbons (Fsp3) is 0.107. The molecule has 3 aromatic carbocycles. The molecular formula is C28H22ClFN2O3. The summed E-state index contributed by atoms with van der Waals surface area (Å²) < 4.78 is 15.1. The lowest BCUT2D eigenvalue weighted by Crippen LogP contribution is -2.06. The molecular weight excluding hydrogens is 467 g/mol. The van der Waals surface area contributed by atoms with Crippen LogP contribution in [0.3, 0.4) is 0 Å². The lowest BCUT2D eigenvalue weighted by atomic mass is 9.87. The van der Waals surface area contributed by atoms with Gasteiger partial charge in [-0.1, -0.05) is 54.9 Å². The predicted molar refractivity (Wildman–Crippen MR) is 137 cm³/mol. The number of carboxylic acids is 1. The zero-order valence-electron chi connectivity index (χ0n) is 19.1. The Hall–Kier alpha value is -4.03. The minimum atomic E-state index is -1.02. The Bertz CT molecular complexity index is 1500. The van der Waals surface area contributed by atoms with Crippen molar-refractivity contribution in [2.75, 3.05) is 0 Å². The van der Waals surface area contributed by atoms with Gasteiger partial charge in [-0.05, 0) is 70.2 Å². The molecule has 4 aromatic rings. The molecule has 0 saturated carbocycles. The molecule has 35 heavy (non-hydrogen) atoms. The molecule has 1 heterocycles. The second kappa shape index (κ2) is 10.1. The minimum absolute atomic E-state index is 0.180. The lowest BCUT2D eigenvalue weighted by Gasteiger charge is -2.18. The molecule has 0 fully saturated rings. The van der Waals surface area contributed by atoms with Crippen molar-refractivity contribution in [2.45, 2.75) is 20.3 Å². The van der Waals surface area contributed by atoms with Crippen LogP contribution in [0.5, 0.6) is 0 Å². The van der Waals surface area contributed by atoms with Gasteiger partial charge in [0.25, 0.3) is 0 Å². The van der Waals surface area contributed by atoms with E-state index in [1.165, 1.54) is 29.8 Å². The van der Waals surface area contributed by atoms with Crippen molar-refractivity contribution in [1.82, 2.24) is 9.78 Å². The summed E-state index contributed by atoms with van der Waals surface area (Å²) in [5.74, 6) is -1.61. The topological polar surface area (TPSA) is 72.2 Å². The quantitative estimate of drug-likeness (QED) is 0.235. The van der Waals surface area contributed by atoms with Gasteiger partial charge in [0.1, 0.15) is 5.82 Å². The molecule has 0 atom stereocenters. The standard InChI is InChI=1S/C28H22ClFN2O3/c1-3-23(24-11-10-22(30)15-25(24)29)28(19-7-4-18(5-8-19)6-13-27(34)35)20-9-12-26-21(14-20)16-31-32(26)17(2)33/h4-16H,3H2,1-2H3,(H,34,35). The van der Waals surface area contributed by atoms with Gasteiger partial charge in [-0.15, -0.1) is 0 Å². The molecule has 0 spiro atoms. The number of benzene rings is 3. The molecule has 176 valence electrons. The van der Waals surface area contributed by atoms with Crippen LogP contribution in [0.1, 0.15) is 47.3 Å². The van der Waals surface area contributed by atoms with Gasteiger partial charge in [0.15, 0.2) is 0 Å². The average Bonchev–Trinajstić information content (AvgIpc) is 3.26. The first-order chi connectivity index (χ1) is 16.8. The number of aromatic nitrogens is 2. The maximum Gasteiger partial charge on any atom is 0.328 e. The molecule has 0 unspecified atom stereocenters. The first-order valence-electron chi connectivity index (χ1n) is 11.0. The van der Waals surface area contributed by atoms with Gasteiger partial charge in [0, 0.05) is 18.4 Å². The summed E-state index contributed by atoms with van der Waals surface area (Å²) in [7, 11) is 0. The zero-order valence-corrected chi connectivity index (χ0v) is 19.9. The van der Waals surface area contributed by atoms with E-state index in [-0.39, 0.29) is 5.91 Å². The van der Waals surface area contributed by atoms with Crippen molar-refractivity contribution in [1.29, 1.82) is 0 Å². The Morgan fingerprint density at radius 2 is 1.77 bits per heavy atom. The summed E-state index contributed by atoms with van der Waals surface area (Å²) in [6.45, 7) is 3.46. The Labute approximate surface area is 206 Å². The van der Waals surface area contributed by atoms with E-state index in [2.05, 4.69) is 5.10 Å². The van der Waals surface area contributed by atoms with Crippen LogP contribution in [0, 0.1) is 5.82 Å². The fourth-order valence-electron chi connectivity index (χ4n) is 4.12. The number of carbonyl (C=O) groups excluding carboxylic acids is 1. The van der Waals surface area contributed by atoms with Crippen molar-refractivity contribution in [3.05, 3.63) is 106 Å². The number of carboxylic acid groups (broad SMARTS) is 1. The Kier molecular flexibility index (Phi) is 6.94. The second-order valence-electron chi connectivity index (χ2n) is 7.97. The van der Waals surface area contributed by atoms with Crippen LogP contribution in [0.15, 0.2) is 72.9 Å². The molecule has 1 N–H and O–H groups in total. The van der Waals surface area contributed by atoms with Gasteiger partial charge in [-0.3, -0.25) is 4.79 Å². The maximum atomic E-state index is 13.8. The van der Waals surface area contributed by atoms with E-state index < -0.39 is 11.8 Å². The third kappa shape index (κ3) is 5.08. The SMILES string of the molecule is CCC(=C(c1ccc(C=CC(=O)O)cc1)c1ccc2c(cnn2C(C)=O)c1)c1ccc(F)cc1Cl. The first-order valence-corrected chi connectivity index (χ1v) is 11.4. The van der Waals surface area contributed by atoms with E-state index in [0.29, 0.717) is 17.0 Å². The van der Waals surface area contributed by atoms with Crippen molar-refractivity contribution in [3.63, 3.8) is 0 Å². The maximum absolute atomic E-state index is 13.8. The van der Waals surface area contributed by atoms with Gasteiger partial charge in [0.2, 0.25) is 5.91 Å². The fourth-order valence-corrected chi connectivity index (χ4v) is 4.40. The lowest BCUT2D eigenvalue weighted by molar-refractivity contribution is -0.131. The summed E-state index contributed by atoms with van der Waals surface area (Å²) in [6, 6.07) is 17.6. The van der Waals surface area contributed by atoms with E-state index in [1.807, 2.05) is 49.4 Å². The minimum Gasteiger partial charge on any atom is -0.478 e. The first kappa shape index (κ1) is 24.1. The third-order valence-electron chi connectivity index (χ3n) is 5.68. The Morgan fingerprint density at radius 1 is 1.06 bits per heavy atom. The molecule has 7 heteroatoms. The van der Waals surface area contributed by atoms with Gasteiger partial charge < -0.3 is 5.11 Å². The van der Waals surface area contributed by atoms with Crippen molar-refractivity contribution < 1.29 is 19.1 Å². The molecule has 0 amide bonds. The summed E-state index contributed by atoms with van der Waals surface area (Å²) in [6.07, 6.45) is 4.87. The molecule has 0 aliphatic rings. The van der Waals surface area contributed by atoms with E-state index in [0.717, 1.165) is 44.9 Å². The van der Waals surface area contributed by atoms with Gasteiger partial charge >= 0.3 is 5.97 Å². The van der Waals surface area contributed by atoms with Gasteiger partial charge in [0.05, 0.1) is 16.7 Å². The number of nitrogens with zero attached hydrogens (tertiary/aromatic N) is 2. The van der Waals surface area contributed by atoms with Crippen LogP contribution >= 0.6 is 11.6 Å². The van der Waals surface area contributed by atoms with E-state index >= 15 is 0 Å². The number of hydrogen-bond acceptors (Lipinski definition) is 3. The predicted octanol–water partition coefficient (Wildman–Crippen LogP) is 6.96. The molecule has 5 nitrogen and oxygen atoms in total. The highest BCUT2D eigenvalue weighted by Crippen LogP contribution is 2.38. The molecule has 0 aliphatic carbocycles. The van der Waals surface area contributed by atoms with E-state index in [9.17, 15) is 14.0 Å². The number of halogens is 2. The highest BCUT2D eigenvalue weighted by molar-refractivity contribution is 6.32. The number of rotatable bonds is 6. The normalized spacial score (nSPS) is 12.2. The average molecular weight is 489 g/mol. The number of aliphatic carboxylic acids is 1. The van der Waals surface area contributed by atoms with E-state index in [1.54, 1.807) is 12.3 Å². The monoisotopic (exact) mass is 488 g/mol. The van der Waals surface area contributed by atoms with Crippen LogP contribution in [-0.2, 0) is 4.79 Å². The number of hydrogen-bond donors (Lipinski definition) is 1. The molecule has 0 bridgehead atoms. The van der Waals surface area contributed by atoms with Gasteiger partial charge in [-0.2, -0.15) is 5.10 Å². The number of carbonyl (C=O) groups is 2. The summed E-state index contributed by atoms with van der Waals surface area (Å²) in [5, 5.41) is 14.2. The van der Waals surface area contributed by atoms with Crippen LogP contribution < -0.4 is 0 Å². The van der Waals surface area contributed by atoms with Crippen molar-refractivity contribution in [3.8, 4) is 0 Å².